The zero-order chi connectivity index (χ0) is 18.6. The van der Waals surface area contributed by atoms with E-state index in [9.17, 15) is 4.79 Å². The minimum absolute atomic E-state index is 0.477. The van der Waals surface area contributed by atoms with E-state index in [1.165, 1.54) is 13.3 Å². The Bertz CT molecular complexity index is 733. The second kappa shape index (κ2) is 10.6. The van der Waals surface area contributed by atoms with Gasteiger partial charge in [-0.15, -0.1) is 0 Å². The molecular formula is C19H22N2O5. The molecule has 138 valence electrons. The Balaban J connectivity index is 1.80. The number of methoxy groups -OCH3 is 2. The van der Waals surface area contributed by atoms with Gasteiger partial charge in [-0.1, -0.05) is 24.3 Å². The number of hydrazone groups is 1. The third kappa shape index (κ3) is 6.01. The average molecular weight is 358 g/mol. The summed E-state index contributed by atoms with van der Waals surface area (Å²) in [5.41, 5.74) is 2.98. The van der Waals surface area contributed by atoms with Gasteiger partial charge in [0, 0.05) is 12.0 Å². The van der Waals surface area contributed by atoms with E-state index in [2.05, 4.69) is 15.3 Å². The number of nitrogens with one attached hydrogen (secondary N) is 1. The Kier molecular flexibility index (Phi) is 7.79. The maximum absolute atomic E-state index is 11.0. The van der Waals surface area contributed by atoms with Crippen molar-refractivity contribution in [2.45, 2.75) is 6.42 Å². The van der Waals surface area contributed by atoms with Crippen LogP contribution in [-0.2, 0) is 4.74 Å². The van der Waals surface area contributed by atoms with E-state index in [-0.39, 0.29) is 0 Å². The van der Waals surface area contributed by atoms with Crippen LogP contribution >= 0.6 is 0 Å². The van der Waals surface area contributed by atoms with Crippen LogP contribution in [0.25, 0.3) is 0 Å². The fourth-order valence-electron chi connectivity index (χ4n) is 2.08. The number of carbonyl (C=O) groups excluding carboxylic acids is 1. The summed E-state index contributed by atoms with van der Waals surface area (Å²) in [7, 11) is 2.88. The Morgan fingerprint density at radius 2 is 1.58 bits per heavy atom. The molecule has 1 N–H and O–H groups in total. The van der Waals surface area contributed by atoms with Gasteiger partial charge < -0.3 is 18.9 Å². The molecule has 0 bridgehead atoms. The van der Waals surface area contributed by atoms with E-state index < -0.39 is 6.09 Å². The average Bonchev–Trinajstić information content (AvgIpc) is 2.69. The van der Waals surface area contributed by atoms with Crippen LogP contribution in [0.3, 0.4) is 0 Å². The minimum Gasteiger partial charge on any atom is -0.493 e. The molecule has 2 aromatic carbocycles. The second-order valence-electron chi connectivity index (χ2n) is 5.10. The first-order chi connectivity index (χ1) is 12.7. The molecule has 2 aromatic rings. The number of amides is 1. The maximum Gasteiger partial charge on any atom is 0.427 e. The fourth-order valence-corrected chi connectivity index (χ4v) is 2.08. The third-order valence-corrected chi connectivity index (χ3v) is 3.34. The molecule has 0 atom stereocenters. The molecule has 7 heteroatoms. The second-order valence-corrected chi connectivity index (χ2v) is 5.10. The van der Waals surface area contributed by atoms with Crippen molar-refractivity contribution in [1.82, 2.24) is 5.43 Å². The first-order valence-corrected chi connectivity index (χ1v) is 8.09. The summed E-state index contributed by atoms with van der Waals surface area (Å²) < 4.78 is 21.2. The van der Waals surface area contributed by atoms with Crippen LogP contribution in [0.2, 0.25) is 0 Å². The first kappa shape index (κ1) is 19.1. The van der Waals surface area contributed by atoms with Crippen LogP contribution in [0.1, 0.15) is 12.0 Å². The highest BCUT2D eigenvalue weighted by Crippen LogP contribution is 2.25. The van der Waals surface area contributed by atoms with Crippen molar-refractivity contribution in [2.24, 2.45) is 5.10 Å². The molecule has 0 fully saturated rings. The molecule has 1 amide bonds. The van der Waals surface area contributed by atoms with Crippen molar-refractivity contribution >= 4 is 12.3 Å². The van der Waals surface area contributed by atoms with E-state index in [4.69, 9.17) is 14.2 Å². The minimum atomic E-state index is -0.631. The predicted molar refractivity (Wildman–Crippen MR) is 98.2 cm³/mol. The van der Waals surface area contributed by atoms with Crippen molar-refractivity contribution in [1.29, 1.82) is 0 Å². The molecule has 0 aliphatic rings. The van der Waals surface area contributed by atoms with Crippen molar-refractivity contribution in [3.05, 3.63) is 54.1 Å². The quantitative estimate of drug-likeness (QED) is 0.423. The highest BCUT2D eigenvalue weighted by Gasteiger charge is 2.04. The predicted octanol–water partition coefficient (Wildman–Crippen LogP) is 3.23. The zero-order valence-electron chi connectivity index (χ0n) is 14.8. The number of para-hydroxylation sites is 3. The SMILES string of the molecule is COC(=O)N/N=C/c1ccccc1OCCCOc1ccccc1OC. The van der Waals surface area contributed by atoms with E-state index in [1.807, 2.05) is 48.5 Å². The van der Waals surface area contributed by atoms with Gasteiger partial charge in [-0.25, -0.2) is 10.2 Å². The summed E-state index contributed by atoms with van der Waals surface area (Å²) in [5.74, 6) is 2.07. The van der Waals surface area contributed by atoms with E-state index in [1.54, 1.807) is 7.11 Å². The molecule has 0 heterocycles. The summed E-state index contributed by atoms with van der Waals surface area (Å²) in [6.07, 6.45) is 1.56. The van der Waals surface area contributed by atoms with Gasteiger partial charge in [-0.05, 0) is 24.3 Å². The lowest BCUT2D eigenvalue weighted by Gasteiger charge is -2.11. The van der Waals surface area contributed by atoms with Crippen molar-refractivity contribution in [3.63, 3.8) is 0 Å². The van der Waals surface area contributed by atoms with Gasteiger partial charge in [0.05, 0.1) is 33.6 Å². The fraction of sp³-hybridized carbons (Fsp3) is 0.263. The van der Waals surface area contributed by atoms with E-state index >= 15 is 0 Å². The number of rotatable bonds is 9. The van der Waals surface area contributed by atoms with Crippen molar-refractivity contribution < 1.29 is 23.7 Å². The number of hydrogen-bond acceptors (Lipinski definition) is 6. The molecule has 26 heavy (non-hydrogen) atoms. The lowest BCUT2D eigenvalue weighted by Crippen LogP contribution is -2.16. The normalized spacial score (nSPS) is 10.4. The monoisotopic (exact) mass is 358 g/mol. The van der Waals surface area contributed by atoms with Gasteiger partial charge in [0.15, 0.2) is 11.5 Å². The summed E-state index contributed by atoms with van der Waals surface area (Å²) >= 11 is 0. The summed E-state index contributed by atoms with van der Waals surface area (Å²) in [6.45, 7) is 0.977. The topological polar surface area (TPSA) is 78.4 Å². The van der Waals surface area contributed by atoms with Crippen LogP contribution in [0, 0.1) is 0 Å². The Labute approximate surface area is 152 Å². The largest absolute Gasteiger partial charge is 0.493 e. The Morgan fingerprint density at radius 1 is 0.962 bits per heavy atom. The van der Waals surface area contributed by atoms with Crippen molar-refractivity contribution in [3.8, 4) is 17.2 Å². The first-order valence-electron chi connectivity index (χ1n) is 8.09. The standard InChI is InChI=1S/C19H22N2O5/c1-23-17-10-5-6-11-18(17)26-13-7-12-25-16-9-4-3-8-15(16)14-20-21-19(22)24-2/h3-6,8-11,14H,7,12-13H2,1-2H3,(H,21,22)/b20-14+. The summed E-state index contributed by atoms with van der Waals surface area (Å²) in [4.78, 5) is 11.0. The van der Waals surface area contributed by atoms with Crippen LogP contribution in [0.5, 0.6) is 17.2 Å². The number of nitrogens with zero attached hydrogens (tertiary/aromatic N) is 1. The maximum atomic E-state index is 11.0. The molecule has 2 rings (SSSR count). The lowest BCUT2D eigenvalue weighted by molar-refractivity contribution is 0.171. The Hall–Kier alpha value is -3.22. The van der Waals surface area contributed by atoms with Crippen LogP contribution < -0.4 is 19.6 Å². The van der Waals surface area contributed by atoms with Crippen LogP contribution in [0.4, 0.5) is 4.79 Å². The summed E-state index contributed by atoms with van der Waals surface area (Å²) in [6, 6.07) is 14.9. The molecule has 0 aliphatic carbocycles. The van der Waals surface area contributed by atoms with Gasteiger partial charge in [0.1, 0.15) is 5.75 Å². The zero-order valence-corrected chi connectivity index (χ0v) is 14.8. The molecule has 0 aliphatic heterocycles. The summed E-state index contributed by atoms with van der Waals surface area (Å²) in [5, 5.41) is 3.81. The van der Waals surface area contributed by atoms with Gasteiger partial charge in [-0.2, -0.15) is 5.10 Å². The molecule has 0 saturated carbocycles. The number of carbonyl (C=O) groups is 1. The molecule has 0 spiro atoms. The number of hydrogen-bond donors (Lipinski definition) is 1. The van der Waals surface area contributed by atoms with Crippen LogP contribution in [-0.4, -0.2) is 39.7 Å². The smallest absolute Gasteiger partial charge is 0.427 e. The highest BCUT2D eigenvalue weighted by atomic mass is 16.5. The van der Waals surface area contributed by atoms with Gasteiger partial charge in [0.25, 0.3) is 0 Å². The molecule has 7 nitrogen and oxygen atoms in total. The number of ether oxygens (including phenoxy) is 4. The molecule has 0 radical (unpaired) electrons. The molecule has 0 unspecified atom stereocenters. The van der Waals surface area contributed by atoms with Crippen molar-refractivity contribution in [2.75, 3.05) is 27.4 Å². The Morgan fingerprint density at radius 3 is 2.27 bits per heavy atom. The van der Waals surface area contributed by atoms with E-state index in [0.29, 0.717) is 36.9 Å². The highest BCUT2D eigenvalue weighted by molar-refractivity contribution is 5.84. The van der Waals surface area contributed by atoms with E-state index in [0.717, 1.165) is 5.56 Å². The van der Waals surface area contributed by atoms with Gasteiger partial charge in [-0.3, -0.25) is 0 Å². The number of benzene rings is 2. The van der Waals surface area contributed by atoms with Crippen LogP contribution in [0.15, 0.2) is 53.6 Å². The lowest BCUT2D eigenvalue weighted by atomic mass is 10.2. The molecular weight excluding hydrogens is 336 g/mol. The van der Waals surface area contributed by atoms with Gasteiger partial charge in [0.2, 0.25) is 0 Å². The molecule has 0 aromatic heterocycles. The van der Waals surface area contributed by atoms with Gasteiger partial charge >= 0.3 is 6.09 Å². The third-order valence-electron chi connectivity index (χ3n) is 3.34. The molecule has 0 saturated heterocycles.